The van der Waals surface area contributed by atoms with Crippen molar-refractivity contribution in [1.29, 1.82) is 0 Å². The van der Waals surface area contributed by atoms with E-state index in [1.165, 1.54) is 121 Å². The molecule has 0 amide bonds. The second-order valence-corrected chi connectivity index (χ2v) is 13.0. The van der Waals surface area contributed by atoms with Gasteiger partial charge in [-0.05, 0) is 43.6 Å². The Morgan fingerprint density at radius 1 is 0.667 bits per heavy atom. The largest absolute Gasteiger partial charge is 0.466 e. The number of ether oxygens (including phenoxy) is 1. The van der Waals surface area contributed by atoms with Gasteiger partial charge in [-0.15, -0.1) is 23.5 Å². The number of rotatable bonds is 27. The maximum atomic E-state index is 12.2. The lowest BCUT2D eigenvalue weighted by Gasteiger charge is -2.16. The Morgan fingerprint density at radius 2 is 1.12 bits per heavy atom. The van der Waals surface area contributed by atoms with Crippen molar-refractivity contribution in [1.82, 2.24) is 0 Å². The van der Waals surface area contributed by atoms with Crippen LogP contribution in [0.3, 0.4) is 0 Å². The molecular weight excluding hydrogens is 512 g/mol. The van der Waals surface area contributed by atoms with Gasteiger partial charge in [0.25, 0.3) is 0 Å². The number of alkyl halides is 1. The molecule has 0 aliphatic carbocycles. The predicted molar refractivity (Wildman–Crippen MR) is 157 cm³/mol. The topological polar surface area (TPSA) is 26.3 Å². The SMILES string of the molecule is CCCCCCCCSC(CCC(=O)OCCCCCCCCBr)SCCCCCCCC. The molecule has 0 aromatic rings. The first-order valence-electron chi connectivity index (χ1n) is 14.2. The minimum atomic E-state index is 0.0135. The van der Waals surface area contributed by atoms with Crippen LogP contribution < -0.4 is 0 Å². The predicted octanol–water partition coefficient (Wildman–Crippen LogP) is 10.6. The zero-order valence-electron chi connectivity index (χ0n) is 22.1. The van der Waals surface area contributed by atoms with Crippen molar-refractivity contribution in [3.05, 3.63) is 0 Å². The van der Waals surface area contributed by atoms with Crippen LogP contribution in [0, 0.1) is 0 Å². The van der Waals surface area contributed by atoms with Gasteiger partial charge in [0.15, 0.2) is 0 Å². The molecule has 0 atom stereocenters. The summed E-state index contributed by atoms with van der Waals surface area (Å²) in [7, 11) is 0. The summed E-state index contributed by atoms with van der Waals surface area (Å²) in [5.74, 6) is 2.49. The molecule has 0 N–H and O–H groups in total. The molecule has 5 heteroatoms. The lowest BCUT2D eigenvalue weighted by molar-refractivity contribution is -0.143. The standard InChI is InChI=1S/C28H55BrO2S2/c1-3-5-7-9-15-19-25-32-28(33-26-20-16-10-8-6-4-2)22-21-27(30)31-24-18-14-12-11-13-17-23-29/h28H,3-26H2,1-2H3. The minimum absolute atomic E-state index is 0.0135. The quantitative estimate of drug-likeness (QED) is 0.0427. The second-order valence-electron chi connectivity index (χ2n) is 9.28. The normalized spacial score (nSPS) is 11.4. The number of carbonyl (C=O) groups is 1. The van der Waals surface area contributed by atoms with Crippen molar-refractivity contribution in [3.8, 4) is 0 Å². The molecule has 0 aromatic heterocycles. The summed E-state index contributed by atoms with van der Waals surface area (Å²) in [5.41, 5.74) is 0. The third-order valence-electron chi connectivity index (χ3n) is 5.98. The Labute approximate surface area is 224 Å². The van der Waals surface area contributed by atoms with E-state index in [0.29, 0.717) is 17.6 Å². The van der Waals surface area contributed by atoms with Crippen molar-refractivity contribution in [2.24, 2.45) is 0 Å². The summed E-state index contributed by atoms with van der Waals surface area (Å²) in [4.78, 5) is 12.2. The summed E-state index contributed by atoms with van der Waals surface area (Å²) in [5, 5.41) is 1.11. The monoisotopic (exact) mass is 566 g/mol. The average molecular weight is 568 g/mol. The van der Waals surface area contributed by atoms with E-state index in [-0.39, 0.29) is 5.97 Å². The maximum Gasteiger partial charge on any atom is 0.305 e. The van der Waals surface area contributed by atoms with Crippen LogP contribution in [0.5, 0.6) is 0 Å². The van der Waals surface area contributed by atoms with Crippen LogP contribution in [0.15, 0.2) is 0 Å². The van der Waals surface area contributed by atoms with Crippen molar-refractivity contribution in [2.75, 3.05) is 23.4 Å². The molecule has 0 unspecified atom stereocenters. The van der Waals surface area contributed by atoms with E-state index in [1.807, 2.05) is 0 Å². The maximum absolute atomic E-state index is 12.2. The molecule has 0 bridgehead atoms. The third-order valence-corrected chi connectivity index (χ3v) is 9.62. The van der Waals surface area contributed by atoms with Gasteiger partial charge in [0.1, 0.15) is 0 Å². The van der Waals surface area contributed by atoms with Crippen LogP contribution in [-0.2, 0) is 9.53 Å². The molecular formula is C28H55BrO2S2. The molecule has 0 aliphatic heterocycles. The molecule has 0 fully saturated rings. The summed E-state index contributed by atoms with van der Waals surface area (Å²) in [6, 6.07) is 0. The lowest BCUT2D eigenvalue weighted by atomic mass is 10.1. The molecule has 0 radical (unpaired) electrons. The van der Waals surface area contributed by atoms with Crippen molar-refractivity contribution in [3.63, 3.8) is 0 Å². The van der Waals surface area contributed by atoms with Gasteiger partial charge in [0.05, 0.1) is 11.2 Å². The Hall–Kier alpha value is 0.650. The molecule has 198 valence electrons. The number of esters is 1. The molecule has 0 aliphatic rings. The van der Waals surface area contributed by atoms with Gasteiger partial charge in [-0.1, -0.05) is 120 Å². The zero-order valence-corrected chi connectivity index (χ0v) is 25.3. The highest BCUT2D eigenvalue weighted by Gasteiger charge is 2.13. The van der Waals surface area contributed by atoms with E-state index in [9.17, 15) is 4.79 Å². The molecule has 0 saturated heterocycles. The number of unbranched alkanes of at least 4 members (excludes halogenated alkanes) is 15. The van der Waals surface area contributed by atoms with Gasteiger partial charge in [-0.2, -0.15) is 0 Å². The number of thioether (sulfide) groups is 2. The first-order valence-corrected chi connectivity index (χ1v) is 17.4. The van der Waals surface area contributed by atoms with Crippen LogP contribution >= 0.6 is 39.5 Å². The van der Waals surface area contributed by atoms with E-state index in [4.69, 9.17) is 4.74 Å². The van der Waals surface area contributed by atoms with Crippen LogP contribution in [0.1, 0.15) is 142 Å². The Morgan fingerprint density at radius 3 is 1.64 bits per heavy atom. The van der Waals surface area contributed by atoms with Crippen LogP contribution in [0.25, 0.3) is 0 Å². The summed E-state index contributed by atoms with van der Waals surface area (Å²) in [6.07, 6.45) is 25.2. The van der Waals surface area contributed by atoms with Crippen LogP contribution in [-0.4, -0.2) is 34.0 Å². The molecule has 2 nitrogen and oxygen atoms in total. The summed E-state index contributed by atoms with van der Waals surface area (Å²) < 4.78 is 6.07. The Bertz CT molecular complexity index is 378. The van der Waals surface area contributed by atoms with E-state index in [1.54, 1.807) is 0 Å². The smallest absolute Gasteiger partial charge is 0.305 e. The first-order chi connectivity index (χ1) is 16.2. The fourth-order valence-electron chi connectivity index (χ4n) is 3.81. The number of hydrogen-bond donors (Lipinski definition) is 0. The van der Waals surface area contributed by atoms with Gasteiger partial charge >= 0.3 is 5.97 Å². The number of carbonyl (C=O) groups excluding carboxylic acids is 1. The number of hydrogen-bond acceptors (Lipinski definition) is 4. The molecule has 0 heterocycles. The van der Waals surface area contributed by atoms with E-state index in [2.05, 4.69) is 53.3 Å². The highest BCUT2D eigenvalue weighted by atomic mass is 79.9. The minimum Gasteiger partial charge on any atom is -0.466 e. The average Bonchev–Trinajstić information content (AvgIpc) is 2.82. The van der Waals surface area contributed by atoms with Crippen molar-refractivity contribution >= 4 is 45.4 Å². The second kappa shape index (κ2) is 28.9. The van der Waals surface area contributed by atoms with Gasteiger partial charge in [0, 0.05) is 11.8 Å². The molecule has 0 saturated carbocycles. The zero-order chi connectivity index (χ0) is 24.2. The van der Waals surface area contributed by atoms with Crippen molar-refractivity contribution < 1.29 is 9.53 Å². The number of halogens is 1. The summed E-state index contributed by atoms with van der Waals surface area (Å²) >= 11 is 7.67. The molecule has 33 heavy (non-hydrogen) atoms. The third kappa shape index (κ3) is 27.1. The molecule has 0 rings (SSSR count). The van der Waals surface area contributed by atoms with Crippen LogP contribution in [0.4, 0.5) is 0 Å². The van der Waals surface area contributed by atoms with Gasteiger partial charge in [-0.25, -0.2) is 0 Å². The lowest BCUT2D eigenvalue weighted by Crippen LogP contribution is -2.09. The van der Waals surface area contributed by atoms with E-state index in [0.717, 1.165) is 18.2 Å². The highest BCUT2D eigenvalue weighted by molar-refractivity contribution is 9.09. The summed E-state index contributed by atoms with van der Waals surface area (Å²) in [6.45, 7) is 5.16. The first kappa shape index (κ1) is 33.7. The molecule has 0 aromatic carbocycles. The van der Waals surface area contributed by atoms with E-state index >= 15 is 0 Å². The van der Waals surface area contributed by atoms with Gasteiger partial charge < -0.3 is 4.74 Å². The Kier molecular flexibility index (Phi) is 29.5. The van der Waals surface area contributed by atoms with Crippen LogP contribution in [0.2, 0.25) is 0 Å². The van der Waals surface area contributed by atoms with E-state index < -0.39 is 0 Å². The fraction of sp³-hybridized carbons (Fsp3) is 0.964. The van der Waals surface area contributed by atoms with Gasteiger partial charge in [0.2, 0.25) is 0 Å². The molecule has 0 spiro atoms. The van der Waals surface area contributed by atoms with Gasteiger partial charge in [-0.3, -0.25) is 4.79 Å². The fourth-order valence-corrected chi connectivity index (χ4v) is 7.00. The highest BCUT2D eigenvalue weighted by Crippen LogP contribution is 2.30. The van der Waals surface area contributed by atoms with Crippen molar-refractivity contribution in [2.45, 2.75) is 147 Å². The Balaban J connectivity index is 3.97.